The molecule has 2 aliphatic heterocycles. The number of carbonyl (C=O) groups is 1. The van der Waals surface area contributed by atoms with Crippen molar-refractivity contribution < 1.29 is 14.3 Å². The van der Waals surface area contributed by atoms with Crippen LogP contribution in [0.4, 0.5) is 4.79 Å². The van der Waals surface area contributed by atoms with E-state index in [4.69, 9.17) is 9.47 Å². The molecule has 0 radical (unpaired) electrons. The van der Waals surface area contributed by atoms with Crippen LogP contribution in [0.25, 0.3) is 0 Å². The summed E-state index contributed by atoms with van der Waals surface area (Å²) in [6.07, 6.45) is 3.79. The second kappa shape index (κ2) is 8.19. The number of ether oxygens (including phenoxy) is 2. The monoisotopic (exact) mass is 346 g/mol. The highest BCUT2D eigenvalue weighted by molar-refractivity contribution is 5.74. The third-order valence-corrected chi connectivity index (χ3v) is 5.05. The molecule has 2 heterocycles. The molecule has 0 bridgehead atoms. The second-order valence-corrected chi connectivity index (χ2v) is 7.71. The van der Waals surface area contributed by atoms with Gasteiger partial charge < -0.3 is 19.7 Å². The van der Waals surface area contributed by atoms with E-state index < -0.39 is 0 Å². The number of amides is 2. The van der Waals surface area contributed by atoms with Gasteiger partial charge in [-0.2, -0.15) is 0 Å². The minimum atomic E-state index is -0.153. The molecule has 2 atom stereocenters. The van der Waals surface area contributed by atoms with Crippen LogP contribution >= 0.6 is 0 Å². The number of nitrogens with one attached hydrogen (secondary N) is 1. The van der Waals surface area contributed by atoms with Crippen molar-refractivity contribution in [2.75, 3.05) is 26.3 Å². The first-order valence-electron chi connectivity index (χ1n) is 9.37. The van der Waals surface area contributed by atoms with Crippen LogP contribution in [0.5, 0.6) is 0 Å². The third-order valence-electron chi connectivity index (χ3n) is 5.05. The van der Waals surface area contributed by atoms with Crippen molar-refractivity contribution in [2.24, 2.45) is 0 Å². The van der Waals surface area contributed by atoms with E-state index >= 15 is 0 Å². The average Bonchev–Trinajstić information content (AvgIpc) is 2.60. The summed E-state index contributed by atoms with van der Waals surface area (Å²) >= 11 is 0. The van der Waals surface area contributed by atoms with Crippen molar-refractivity contribution in [3.63, 3.8) is 0 Å². The van der Waals surface area contributed by atoms with E-state index in [2.05, 4.69) is 43.4 Å². The molecule has 2 saturated heterocycles. The van der Waals surface area contributed by atoms with E-state index in [1.807, 2.05) is 11.0 Å². The van der Waals surface area contributed by atoms with Crippen molar-refractivity contribution in [2.45, 2.75) is 57.3 Å². The Bertz CT molecular complexity index is 561. The van der Waals surface area contributed by atoms with Gasteiger partial charge >= 0.3 is 6.03 Å². The molecule has 1 aromatic rings. The van der Waals surface area contributed by atoms with E-state index in [9.17, 15) is 4.79 Å². The summed E-state index contributed by atoms with van der Waals surface area (Å²) < 4.78 is 11.6. The Morgan fingerprint density at radius 2 is 2.08 bits per heavy atom. The molecule has 0 spiro atoms. The summed E-state index contributed by atoms with van der Waals surface area (Å²) in [5.74, 6) is 0. The first-order valence-corrected chi connectivity index (χ1v) is 9.37. The van der Waals surface area contributed by atoms with Gasteiger partial charge in [-0.05, 0) is 45.1 Å². The highest BCUT2D eigenvalue weighted by Crippen LogP contribution is 2.24. The van der Waals surface area contributed by atoms with Crippen LogP contribution in [-0.2, 0) is 15.9 Å². The van der Waals surface area contributed by atoms with Gasteiger partial charge in [0, 0.05) is 25.7 Å². The van der Waals surface area contributed by atoms with Crippen molar-refractivity contribution in [3.05, 3.63) is 35.9 Å². The van der Waals surface area contributed by atoms with Crippen LogP contribution in [0.1, 0.15) is 38.7 Å². The molecule has 2 aliphatic rings. The normalized spacial score (nSPS) is 26.2. The Morgan fingerprint density at radius 3 is 2.84 bits per heavy atom. The number of hydrogen-bond donors (Lipinski definition) is 1. The van der Waals surface area contributed by atoms with Crippen LogP contribution in [-0.4, -0.2) is 55.0 Å². The van der Waals surface area contributed by atoms with E-state index in [1.165, 1.54) is 5.56 Å². The molecule has 5 nitrogen and oxygen atoms in total. The zero-order valence-corrected chi connectivity index (χ0v) is 15.4. The molecule has 3 rings (SSSR count). The quantitative estimate of drug-likeness (QED) is 0.912. The predicted octanol–water partition coefficient (Wildman–Crippen LogP) is 2.99. The predicted molar refractivity (Wildman–Crippen MR) is 97.7 cm³/mol. The van der Waals surface area contributed by atoms with Crippen molar-refractivity contribution in [3.8, 4) is 0 Å². The van der Waals surface area contributed by atoms with Crippen LogP contribution in [0.3, 0.4) is 0 Å². The van der Waals surface area contributed by atoms with Gasteiger partial charge in [-0.15, -0.1) is 0 Å². The van der Waals surface area contributed by atoms with E-state index in [0.717, 1.165) is 25.7 Å². The lowest BCUT2D eigenvalue weighted by Gasteiger charge is -2.38. The number of nitrogens with zero attached hydrogens (tertiary/aromatic N) is 1. The molecule has 0 aromatic heterocycles. The minimum Gasteiger partial charge on any atom is -0.375 e. The molecular weight excluding hydrogens is 316 g/mol. The molecule has 1 aromatic carbocycles. The maximum Gasteiger partial charge on any atom is 0.317 e. The molecule has 1 N–H and O–H groups in total. The van der Waals surface area contributed by atoms with Gasteiger partial charge in [0.2, 0.25) is 0 Å². The van der Waals surface area contributed by atoms with E-state index in [1.54, 1.807) is 0 Å². The topological polar surface area (TPSA) is 50.8 Å². The van der Waals surface area contributed by atoms with Gasteiger partial charge in [-0.1, -0.05) is 30.3 Å². The molecule has 2 amide bonds. The highest BCUT2D eigenvalue weighted by Gasteiger charge is 2.31. The fourth-order valence-corrected chi connectivity index (χ4v) is 3.67. The van der Waals surface area contributed by atoms with E-state index in [-0.39, 0.29) is 23.8 Å². The fraction of sp³-hybridized carbons (Fsp3) is 0.650. The summed E-state index contributed by atoms with van der Waals surface area (Å²) in [5, 5.41) is 3.19. The number of carbonyl (C=O) groups excluding carboxylic acids is 1. The lowest BCUT2D eigenvalue weighted by molar-refractivity contribution is -0.0626. The third kappa shape index (κ3) is 5.44. The molecular formula is C20H30N2O3. The maximum atomic E-state index is 12.6. The lowest BCUT2D eigenvalue weighted by atomic mass is 9.94. The van der Waals surface area contributed by atoms with Gasteiger partial charge in [0.05, 0.1) is 18.3 Å². The Labute approximate surface area is 150 Å². The Balaban J connectivity index is 1.46. The zero-order valence-electron chi connectivity index (χ0n) is 15.4. The molecule has 138 valence electrons. The molecule has 5 heteroatoms. The number of urea groups is 1. The van der Waals surface area contributed by atoms with Gasteiger partial charge in [0.1, 0.15) is 0 Å². The SMILES string of the molecule is CC1(C)C[C@H](NC(=O)N2CCO[C@H](CCc3ccccc3)C2)CCO1. The number of rotatable bonds is 4. The standard InChI is InChI=1S/C20H30N2O3/c1-20(2)14-17(10-12-25-20)21-19(23)22-11-13-24-18(15-22)9-8-16-6-4-3-5-7-16/h3-7,17-18H,8-15H2,1-2H3,(H,21,23)/t17-,18-/m1/s1. The lowest BCUT2D eigenvalue weighted by Crippen LogP contribution is -2.54. The van der Waals surface area contributed by atoms with Crippen LogP contribution in [0.2, 0.25) is 0 Å². The Kier molecular flexibility index (Phi) is 5.97. The van der Waals surface area contributed by atoms with Crippen molar-refractivity contribution >= 4 is 6.03 Å². The van der Waals surface area contributed by atoms with Crippen molar-refractivity contribution in [1.82, 2.24) is 10.2 Å². The first kappa shape index (κ1) is 18.2. The largest absolute Gasteiger partial charge is 0.375 e. The van der Waals surface area contributed by atoms with Crippen LogP contribution in [0.15, 0.2) is 30.3 Å². The van der Waals surface area contributed by atoms with Crippen molar-refractivity contribution in [1.29, 1.82) is 0 Å². The molecule has 2 fully saturated rings. The Morgan fingerprint density at radius 1 is 1.28 bits per heavy atom. The Hall–Kier alpha value is -1.59. The van der Waals surface area contributed by atoms with Crippen LogP contribution < -0.4 is 5.32 Å². The number of hydrogen-bond acceptors (Lipinski definition) is 3. The summed E-state index contributed by atoms with van der Waals surface area (Å²) in [6, 6.07) is 10.7. The summed E-state index contributed by atoms with van der Waals surface area (Å²) in [7, 11) is 0. The number of benzene rings is 1. The van der Waals surface area contributed by atoms with Crippen LogP contribution in [0, 0.1) is 0 Å². The first-order chi connectivity index (χ1) is 12.0. The second-order valence-electron chi connectivity index (χ2n) is 7.71. The molecule has 0 saturated carbocycles. The summed E-state index contributed by atoms with van der Waals surface area (Å²) in [4.78, 5) is 14.5. The van der Waals surface area contributed by atoms with Gasteiger partial charge in [0.25, 0.3) is 0 Å². The molecule has 0 aliphatic carbocycles. The zero-order chi connectivity index (χ0) is 17.7. The average molecular weight is 346 g/mol. The molecule has 0 unspecified atom stereocenters. The fourth-order valence-electron chi connectivity index (χ4n) is 3.67. The van der Waals surface area contributed by atoms with Gasteiger partial charge in [0.15, 0.2) is 0 Å². The van der Waals surface area contributed by atoms with E-state index in [0.29, 0.717) is 26.3 Å². The number of aryl methyl sites for hydroxylation is 1. The minimum absolute atomic E-state index is 0.0377. The van der Waals surface area contributed by atoms with Gasteiger partial charge in [-0.3, -0.25) is 0 Å². The smallest absolute Gasteiger partial charge is 0.317 e. The van der Waals surface area contributed by atoms with Gasteiger partial charge in [-0.25, -0.2) is 4.79 Å². The number of morpholine rings is 1. The highest BCUT2D eigenvalue weighted by atomic mass is 16.5. The molecule has 25 heavy (non-hydrogen) atoms. The maximum absolute atomic E-state index is 12.6. The summed E-state index contributed by atoms with van der Waals surface area (Å²) in [5.41, 5.74) is 1.16. The summed E-state index contributed by atoms with van der Waals surface area (Å²) in [6.45, 7) is 6.83.